The van der Waals surface area contributed by atoms with Crippen molar-refractivity contribution in [2.24, 2.45) is 0 Å². The maximum atomic E-state index is 14.3. The van der Waals surface area contributed by atoms with Crippen LogP contribution in [-0.4, -0.2) is 0 Å². The van der Waals surface area contributed by atoms with Crippen LogP contribution in [-0.2, 0) is 6.42 Å². The predicted octanol–water partition coefficient (Wildman–Crippen LogP) is 5.26. The zero-order valence-corrected chi connectivity index (χ0v) is 11.3. The van der Waals surface area contributed by atoms with Crippen molar-refractivity contribution >= 4 is 11.3 Å². The maximum Gasteiger partial charge on any atom is 0.166 e. The number of rotatable bonds is 0. The van der Waals surface area contributed by atoms with Gasteiger partial charge in [0.15, 0.2) is 11.6 Å². The molecule has 0 bridgehead atoms. The summed E-state index contributed by atoms with van der Waals surface area (Å²) in [6, 6.07) is 12.8. The molecule has 0 saturated heterocycles. The molecule has 0 nitrogen and oxygen atoms in total. The highest BCUT2D eigenvalue weighted by Crippen LogP contribution is 2.44. The standard InChI is InChI=1S/C17H10F2S/c18-14-6-5-11-9-10-3-1-2-4-12(10)17-13(7-8-20-17)15(11)16(14)19/h1-8H,9H2. The molecule has 0 spiro atoms. The lowest BCUT2D eigenvalue weighted by atomic mass is 9.98. The Balaban J connectivity index is 2.13. The first-order valence-corrected chi connectivity index (χ1v) is 7.26. The molecule has 0 aliphatic heterocycles. The monoisotopic (exact) mass is 284 g/mol. The lowest BCUT2D eigenvalue weighted by Gasteiger charge is -2.08. The highest BCUT2D eigenvalue weighted by molar-refractivity contribution is 7.14. The van der Waals surface area contributed by atoms with Crippen molar-refractivity contribution in [3.8, 4) is 21.6 Å². The largest absolute Gasteiger partial charge is 0.204 e. The van der Waals surface area contributed by atoms with Gasteiger partial charge in [0.2, 0.25) is 0 Å². The number of benzene rings is 2. The second-order valence-corrected chi connectivity index (χ2v) is 5.81. The van der Waals surface area contributed by atoms with Crippen LogP contribution in [0.4, 0.5) is 8.78 Å². The van der Waals surface area contributed by atoms with Gasteiger partial charge >= 0.3 is 0 Å². The van der Waals surface area contributed by atoms with Crippen molar-refractivity contribution in [3.63, 3.8) is 0 Å². The van der Waals surface area contributed by atoms with Crippen LogP contribution in [0.15, 0.2) is 47.8 Å². The molecule has 1 heterocycles. The second kappa shape index (κ2) is 4.25. The molecule has 0 amide bonds. The van der Waals surface area contributed by atoms with Gasteiger partial charge in [0.1, 0.15) is 0 Å². The van der Waals surface area contributed by atoms with Crippen LogP contribution in [0.3, 0.4) is 0 Å². The summed E-state index contributed by atoms with van der Waals surface area (Å²) in [4.78, 5) is 1.02. The van der Waals surface area contributed by atoms with Crippen molar-refractivity contribution in [3.05, 3.63) is 70.6 Å². The summed E-state index contributed by atoms with van der Waals surface area (Å²) >= 11 is 1.57. The average Bonchev–Trinajstić information content (AvgIpc) is 2.88. The number of fused-ring (bicyclic) bond motifs is 5. The normalized spacial score (nSPS) is 12.3. The Bertz CT molecular complexity index is 818. The van der Waals surface area contributed by atoms with Crippen molar-refractivity contribution in [2.45, 2.75) is 6.42 Å². The van der Waals surface area contributed by atoms with Gasteiger partial charge in [-0.25, -0.2) is 8.78 Å². The van der Waals surface area contributed by atoms with E-state index in [2.05, 4.69) is 6.07 Å². The molecule has 0 fully saturated rings. The number of hydrogen-bond acceptors (Lipinski definition) is 1. The first kappa shape index (κ1) is 11.8. The quantitative estimate of drug-likeness (QED) is 0.413. The zero-order chi connectivity index (χ0) is 13.7. The van der Waals surface area contributed by atoms with Gasteiger partial charge in [0.25, 0.3) is 0 Å². The third kappa shape index (κ3) is 1.56. The first-order valence-electron chi connectivity index (χ1n) is 6.38. The zero-order valence-electron chi connectivity index (χ0n) is 10.5. The van der Waals surface area contributed by atoms with Gasteiger partial charge < -0.3 is 0 Å². The highest BCUT2D eigenvalue weighted by Gasteiger charge is 2.24. The van der Waals surface area contributed by atoms with Gasteiger partial charge in [-0.2, -0.15) is 0 Å². The molecule has 1 aliphatic carbocycles. The molecule has 98 valence electrons. The lowest BCUT2D eigenvalue weighted by molar-refractivity contribution is 0.510. The van der Waals surface area contributed by atoms with E-state index in [1.807, 2.05) is 29.6 Å². The van der Waals surface area contributed by atoms with Gasteiger partial charge in [-0.3, -0.25) is 0 Å². The fourth-order valence-electron chi connectivity index (χ4n) is 2.85. The Morgan fingerprint density at radius 3 is 2.60 bits per heavy atom. The summed E-state index contributed by atoms with van der Waals surface area (Å²) in [6.45, 7) is 0. The van der Waals surface area contributed by atoms with E-state index >= 15 is 0 Å². The van der Waals surface area contributed by atoms with Crippen molar-refractivity contribution in [2.75, 3.05) is 0 Å². The van der Waals surface area contributed by atoms with Crippen LogP contribution in [0.25, 0.3) is 21.6 Å². The van der Waals surface area contributed by atoms with E-state index in [1.165, 1.54) is 6.07 Å². The topological polar surface area (TPSA) is 0 Å². The van der Waals surface area contributed by atoms with Crippen LogP contribution < -0.4 is 0 Å². The summed E-state index contributed by atoms with van der Waals surface area (Å²) in [5, 5.41) is 1.93. The predicted molar refractivity (Wildman–Crippen MR) is 77.9 cm³/mol. The molecule has 2 aromatic carbocycles. The Kier molecular flexibility index (Phi) is 2.51. The van der Waals surface area contributed by atoms with E-state index in [-0.39, 0.29) is 0 Å². The molecular formula is C17H10F2S. The van der Waals surface area contributed by atoms with Gasteiger partial charge in [0.05, 0.1) is 0 Å². The Hall–Kier alpha value is -2.00. The SMILES string of the molecule is Fc1ccc2c(c1F)-c1ccsc1-c1ccccc1C2. The molecule has 0 saturated carbocycles. The molecule has 0 atom stereocenters. The molecule has 0 radical (unpaired) electrons. The number of thiophene rings is 1. The molecule has 0 N–H and O–H groups in total. The van der Waals surface area contributed by atoms with E-state index in [0.717, 1.165) is 27.1 Å². The second-order valence-electron chi connectivity index (χ2n) is 4.89. The number of hydrogen-bond donors (Lipinski definition) is 0. The molecular weight excluding hydrogens is 274 g/mol. The lowest BCUT2D eigenvalue weighted by Crippen LogP contribution is -1.96. The summed E-state index contributed by atoms with van der Waals surface area (Å²) < 4.78 is 27.9. The van der Waals surface area contributed by atoms with Gasteiger partial charge in [0, 0.05) is 16.0 Å². The van der Waals surface area contributed by atoms with Crippen molar-refractivity contribution in [1.29, 1.82) is 0 Å². The van der Waals surface area contributed by atoms with Crippen LogP contribution in [0.2, 0.25) is 0 Å². The van der Waals surface area contributed by atoms with E-state index in [1.54, 1.807) is 17.4 Å². The molecule has 20 heavy (non-hydrogen) atoms. The van der Waals surface area contributed by atoms with Gasteiger partial charge in [-0.1, -0.05) is 30.3 Å². The molecule has 1 aromatic heterocycles. The van der Waals surface area contributed by atoms with Crippen LogP contribution in [0.5, 0.6) is 0 Å². The van der Waals surface area contributed by atoms with Crippen LogP contribution in [0.1, 0.15) is 11.1 Å². The first-order chi connectivity index (χ1) is 9.75. The van der Waals surface area contributed by atoms with E-state index in [0.29, 0.717) is 12.0 Å². The van der Waals surface area contributed by atoms with Crippen LogP contribution >= 0.6 is 11.3 Å². The smallest absolute Gasteiger partial charge is 0.166 e. The molecule has 0 unspecified atom stereocenters. The number of halogens is 2. The summed E-state index contributed by atoms with van der Waals surface area (Å²) in [5.74, 6) is -1.53. The molecule has 3 aromatic rings. The Morgan fingerprint density at radius 2 is 1.70 bits per heavy atom. The molecule has 3 heteroatoms. The summed E-state index contributed by atoms with van der Waals surface area (Å²) in [5.41, 5.74) is 4.33. The highest BCUT2D eigenvalue weighted by atomic mass is 32.1. The Labute approximate surface area is 119 Å². The summed E-state index contributed by atoms with van der Waals surface area (Å²) in [7, 11) is 0. The third-order valence-corrected chi connectivity index (χ3v) is 4.71. The van der Waals surface area contributed by atoms with Crippen LogP contribution in [0, 0.1) is 11.6 Å². The maximum absolute atomic E-state index is 14.3. The van der Waals surface area contributed by atoms with Gasteiger partial charge in [-0.15, -0.1) is 11.3 Å². The minimum Gasteiger partial charge on any atom is -0.204 e. The molecule has 1 aliphatic rings. The average molecular weight is 284 g/mol. The van der Waals surface area contributed by atoms with Crippen molar-refractivity contribution in [1.82, 2.24) is 0 Å². The summed E-state index contributed by atoms with van der Waals surface area (Å²) in [6.07, 6.45) is 0.629. The minimum absolute atomic E-state index is 0.414. The third-order valence-electron chi connectivity index (χ3n) is 3.76. The van der Waals surface area contributed by atoms with Crippen molar-refractivity contribution < 1.29 is 8.78 Å². The fraction of sp³-hybridized carbons (Fsp3) is 0.0588. The van der Waals surface area contributed by atoms with Gasteiger partial charge in [-0.05, 0) is 40.6 Å². The Morgan fingerprint density at radius 1 is 0.850 bits per heavy atom. The fourth-order valence-corrected chi connectivity index (χ4v) is 3.81. The van der Waals surface area contributed by atoms with E-state index in [9.17, 15) is 8.78 Å². The van der Waals surface area contributed by atoms with E-state index < -0.39 is 11.6 Å². The molecule has 4 rings (SSSR count). The minimum atomic E-state index is -0.785. The van der Waals surface area contributed by atoms with E-state index in [4.69, 9.17) is 0 Å².